The highest BCUT2D eigenvalue weighted by Crippen LogP contribution is 2.00. The number of hydrogen-bond donors (Lipinski definition) is 0. The van der Waals surface area contributed by atoms with Crippen molar-refractivity contribution in [3.05, 3.63) is 4.91 Å². The molecule has 1 aliphatic rings. The van der Waals surface area contributed by atoms with Gasteiger partial charge in [0.25, 0.3) is 0 Å². The van der Waals surface area contributed by atoms with E-state index in [1.165, 1.54) is 0 Å². The zero-order valence-electron chi connectivity index (χ0n) is 4.13. The lowest BCUT2D eigenvalue weighted by Gasteiger charge is -1.87. The van der Waals surface area contributed by atoms with Crippen LogP contribution in [0.2, 0.25) is 0 Å². The van der Waals surface area contributed by atoms with Gasteiger partial charge in [-0.25, -0.2) is 0 Å². The van der Waals surface area contributed by atoms with Crippen molar-refractivity contribution in [2.45, 2.75) is 0 Å². The van der Waals surface area contributed by atoms with Crippen LogP contribution in [0.4, 0.5) is 0 Å². The van der Waals surface area contributed by atoms with E-state index in [2.05, 4.69) is 10.1 Å². The van der Waals surface area contributed by atoms with E-state index < -0.39 is 0 Å². The van der Waals surface area contributed by atoms with Gasteiger partial charge in [-0.2, -0.15) is 4.91 Å². The fourth-order valence-electron chi connectivity index (χ4n) is 0.477. The number of nitroso groups, excluding NO2 is 1. The average molecular weight is 100 g/mol. The van der Waals surface area contributed by atoms with Crippen molar-refractivity contribution in [1.82, 2.24) is 4.90 Å². The second kappa shape index (κ2) is 2.02. The van der Waals surface area contributed by atoms with Gasteiger partial charge in [0.2, 0.25) is 0 Å². The summed E-state index contributed by atoms with van der Waals surface area (Å²) in [6.45, 7) is 3.65. The van der Waals surface area contributed by atoms with Crippen LogP contribution < -0.4 is 0 Å². The molecule has 0 aromatic rings. The molecule has 40 valence electrons. The highest BCUT2D eigenvalue weighted by Gasteiger charge is 2.15. The van der Waals surface area contributed by atoms with Gasteiger partial charge in [0.1, 0.15) is 0 Å². The van der Waals surface area contributed by atoms with Crippen LogP contribution in [0.5, 0.6) is 0 Å². The zero-order valence-corrected chi connectivity index (χ0v) is 4.13. The van der Waals surface area contributed by atoms with Gasteiger partial charge in [0.05, 0.1) is 6.54 Å². The summed E-state index contributed by atoms with van der Waals surface area (Å²) in [6, 6.07) is 0. The second-order valence-corrected chi connectivity index (χ2v) is 1.69. The lowest BCUT2D eigenvalue weighted by molar-refractivity contribution is 0.569. The first-order valence-electron chi connectivity index (χ1n) is 2.45. The van der Waals surface area contributed by atoms with Gasteiger partial charge in [-0.3, -0.25) is 4.90 Å². The summed E-state index contributed by atoms with van der Waals surface area (Å²) >= 11 is 0. The summed E-state index contributed by atoms with van der Waals surface area (Å²) in [4.78, 5) is 11.6. The van der Waals surface area contributed by atoms with Crippen LogP contribution in [0.25, 0.3) is 0 Å². The minimum atomic E-state index is 0.458. The van der Waals surface area contributed by atoms with Gasteiger partial charge in [-0.1, -0.05) is 5.18 Å². The first-order chi connectivity index (χ1) is 3.43. The summed E-state index contributed by atoms with van der Waals surface area (Å²) in [6.07, 6.45) is 0. The van der Waals surface area contributed by atoms with Gasteiger partial charge in [-0.05, 0) is 0 Å². The number of rotatable bonds is 3. The minimum Gasteiger partial charge on any atom is -0.299 e. The van der Waals surface area contributed by atoms with E-state index in [0.29, 0.717) is 6.54 Å². The Balaban J connectivity index is 1.88. The molecular formula is C4H8N2O. The fraction of sp³-hybridized carbons (Fsp3) is 1.00. The Labute approximate surface area is 42.3 Å². The molecule has 3 nitrogen and oxygen atoms in total. The quantitative estimate of drug-likeness (QED) is 0.371. The van der Waals surface area contributed by atoms with Gasteiger partial charge < -0.3 is 0 Å². The smallest absolute Gasteiger partial charge is 0.0938 e. The van der Waals surface area contributed by atoms with Gasteiger partial charge in [0.15, 0.2) is 0 Å². The van der Waals surface area contributed by atoms with Crippen LogP contribution in [0, 0.1) is 4.91 Å². The van der Waals surface area contributed by atoms with Crippen LogP contribution in [-0.4, -0.2) is 31.1 Å². The second-order valence-electron chi connectivity index (χ2n) is 1.69. The molecule has 1 aliphatic heterocycles. The Hall–Kier alpha value is -0.440. The van der Waals surface area contributed by atoms with E-state index in [1.54, 1.807) is 0 Å². The molecule has 1 rings (SSSR count). The Bertz CT molecular complexity index is 70.1. The van der Waals surface area contributed by atoms with E-state index in [-0.39, 0.29) is 0 Å². The van der Waals surface area contributed by atoms with Crippen LogP contribution in [0.1, 0.15) is 0 Å². The van der Waals surface area contributed by atoms with Crippen molar-refractivity contribution in [3.63, 3.8) is 0 Å². The van der Waals surface area contributed by atoms with E-state index in [1.807, 2.05) is 0 Å². The van der Waals surface area contributed by atoms with Gasteiger partial charge >= 0.3 is 0 Å². The molecule has 1 saturated heterocycles. The number of nitrogens with zero attached hydrogens (tertiary/aromatic N) is 2. The molecule has 0 saturated carbocycles. The Morgan fingerprint density at radius 1 is 1.57 bits per heavy atom. The molecule has 0 N–H and O–H groups in total. The summed E-state index contributed by atoms with van der Waals surface area (Å²) in [7, 11) is 0. The topological polar surface area (TPSA) is 32.4 Å². The molecule has 1 fully saturated rings. The Morgan fingerprint density at radius 3 is 2.71 bits per heavy atom. The van der Waals surface area contributed by atoms with Crippen LogP contribution in [0.3, 0.4) is 0 Å². The number of hydrogen-bond acceptors (Lipinski definition) is 3. The van der Waals surface area contributed by atoms with Gasteiger partial charge in [-0.15, -0.1) is 0 Å². The fourth-order valence-corrected chi connectivity index (χ4v) is 0.477. The molecule has 0 aromatic carbocycles. The van der Waals surface area contributed by atoms with Crippen LogP contribution >= 0.6 is 0 Å². The van der Waals surface area contributed by atoms with Crippen molar-refractivity contribution < 1.29 is 0 Å². The maximum Gasteiger partial charge on any atom is 0.0938 e. The zero-order chi connectivity index (χ0) is 5.11. The molecule has 0 spiro atoms. The molecule has 0 atom stereocenters. The first kappa shape index (κ1) is 4.71. The Morgan fingerprint density at radius 2 is 2.29 bits per heavy atom. The third-order valence-electron chi connectivity index (χ3n) is 1.05. The summed E-state index contributed by atoms with van der Waals surface area (Å²) in [5, 5.41) is 2.72. The molecule has 0 radical (unpaired) electrons. The van der Waals surface area contributed by atoms with E-state index in [4.69, 9.17) is 0 Å². The molecule has 7 heavy (non-hydrogen) atoms. The molecule has 3 heteroatoms. The third-order valence-corrected chi connectivity index (χ3v) is 1.05. The molecule has 1 heterocycles. The van der Waals surface area contributed by atoms with Crippen molar-refractivity contribution in [1.29, 1.82) is 0 Å². The van der Waals surface area contributed by atoms with Crippen molar-refractivity contribution in [2.75, 3.05) is 26.2 Å². The summed E-state index contributed by atoms with van der Waals surface area (Å²) in [5.74, 6) is 0. The molecular weight excluding hydrogens is 92.1 g/mol. The first-order valence-corrected chi connectivity index (χ1v) is 2.45. The highest BCUT2D eigenvalue weighted by molar-refractivity contribution is 4.72. The minimum absolute atomic E-state index is 0.458. The lowest BCUT2D eigenvalue weighted by Crippen LogP contribution is -2.01. The molecule has 0 unspecified atom stereocenters. The normalized spacial score (nSPS) is 19.4. The van der Waals surface area contributed by atoms with Crippen molar-refractivity contribution >= 4 is 0 Å². The van der Waals surface area contributed by atoms with Crippen LogP contribution in [0.15, 0.2) is 5.18 Å². The Kier molecular flexibility index (Phi) is 1.36. The SMILES string of the molecule is O=NCCN1CC1. The van der Waals surface area contributed by atoms with Crippen LogP contribution in [-0.2, 0) is 0 Å². The monoisotopic (exact) mass is 100 g/mol. The van der Waals surface area contributed by atoms with E-state index >= 15 is 0 Å². The maximum absolute atomic E-state index is 9.46. The summed E-state index contributed by atoms with van der Waals surface area (Å²) < 4.78 is 0. The maximum atomic E-state index is 9.46. The van der Waals surface area contributed by atoms with Crippen molar-refractivity contribution in [2.24, 2.45) is 5.18 Å². The summed E-state index contributed by atoms with van der Waals surface area (Å²) in [5.41, 5.74) is 0. The average Bonchev–Trinajstić information content (AvgIpc) is 2.42. The third kappa shape index (κ3) is 1.64. The van der Waals surface area contributed by atoms with E-state index in [0.717, 1.165) is 19.6 Å². The molecule has 0 aromatic heterocycles. The van der Waals surface area contributed by atoms with Crippen molar-refractivity contribution in [3.8, 4) is 0 Å². The predicted octanol–water partition coefficient (Wildman–Crippen LogP) is 0.0684. The molecule has 0 aliphatic carbocycles. The predicted molar refractivity (Wildman–Crippen MR) is 27.1 cm³/mol. The standard InChI is InChI=1S/C4H8N2O/c7-5-1-2-6-3-4-6/h1-4H2. The lowest BCUT2D eigenvalue weighted by atomic mass is 10.7. The molecule has 0 bridgehead atoms. The van der Waals surface area contributed by atoms with Gasteiger partial charge in [0, 0.05) is 19.6 Å². The highest BCUT2D eigenvalue weighted by atomic mass is 16.3. The largest absolute Gasteiger partial charge is 0.299 e. The molecule has 0 amide bonds. The van der Waals surface area contributed by atoms with E-state index in [9.17, 15) is 4.91 Å².